The predicted octanol–water partition coefficient (Wildman–Crippen LogP) is 1.51. The maximum Gasteiger partial charge on any atom is 0.313 e. The lowest BCUT2D eigenvalue weighted by molar-refractivity contribution is -0.133. The van der Waals surface area contributed by atoms with Gasteiger partial charge in [-0.2, -0.15) is 0 Å². The van der Waals surface area contributed by atoms with Crippen LogP contribution in [0.25, 0.3) is 0 Å². The molecule has 19 heavy (non-hydrogen) atoms. The molecular formula is C12H14N4O2S. The Labute approximate surface area is 114 Å². The van der Waals surface area contributed by atoms with E-state index in [0.29, 0.717) is 11.7 Å². The van der Waals surface area contributed by atoms with Gasteiger partial charge in [0, 0.05) is 5.69 Å². The summed E-state index contributed by atoms with van der Waals surface area (Å²) in [7, 11) is 0. The van der Waals surface area contributed by atoms with Crippen molar-refractivity contribution in [3.63, 3.8) is 0 Å². The Morgan fingerprint density at radius 3 is 2.84 bits per heavy atom. The van der Waals surface area contributed by atoms with E-state index in [2.05, 4.69) is 15.2 Å². The van der Waals surface area contributed by atoms with E-state index in [1.807, 2.05) is 36.6 Å². The number of aliphatic carboxylic acids is 1. The second kappa shape index (κ2) is 5.83. The van der Waals surface area contributed by atoms with Gasteiger partial charge in [-0.3, -0.25) is 9.78 Å². The van der Waals surface area contributed by atoms with Gasteiger partial charge in [0.1, 0.15) is 5.82 Å². The highest BCUT2D eigenvalue weighted by Gasteiger charge is 2.12. The van der Waals surface area contributed by atoms with Gasteiger partial charge in [-0.1, -0.05) is 17.8 Å². The molecule has 1 N–H and O–H groups in total. The van der Waals surface area contributed by atoms with E-state index < -0.39 is 5.97 Å². The van der Waals surface area contributed by atoms with E-state index in [0.717, 1.165) is 29.0 Å². The van der Waals surface area contributed by atoms with Crippen LogP contribution in [0.4, 0.5) is 0 Å². The van der Waals surface area contributed by atoms with E-state index in [1.54, 1.807) is 0 Å². The predicted molar refractivity (Wildman–Crippen MR) is 71.2 cm³/mol. The van der Waals surface area contributed by atoms with Gasteiger partial charge in [-0.15, -0.1) is 10.2 Å². The zero-order valence-corrected chi connectivity index (χ0v) is 11.5. The number of aryl methyl sites for hydroxylation is 2. The fraction of sp³-hybridized carbons (Fsp3) is 0.333. The lowest BCUT2D eigenvalue weighted by Crippen LogP contribution is -2.07. The minimum atomic E-state index is -0.870. The molecule has 2 aromatic rings. The largest absolute Gasteiger partial charge is 0.481 e. The van der Waals surface area contributed by atoms with Gasteiger partial charge in [0.05, 0.1) is 18.0 Å². The fourth-order valence-corrected chi connectivity index (χ4v) is 2.33. The van der Waals surface area contributed by atoms with E-state index in [1.165, 1.54) is 0 Å². The van der Waals surface area contributed by atoms with Crippen LogP contribution in [0, 0.1) is 13.8 Å². The first-order valence-electron chi connectivity index (χ1n) is 5.73. The molecule has 0 aromatic carbocycles. The Hall–Kier alpha value is -1.89. The molecule has 0 fully saturated rings. The number of aromatic nitrogens is 4. The summed E-state index contributed by atoms with van der Waals surface area (Å²) in [5.74, 6) is -0.151. The number of thioether (sulfide) groups is 1. The average Bonchev–Trinajstić information content (AvgIpc) is 2.68. The van der Waals surface area contributed by atoms with Crippen LogP contribution in [-0.2, 0) is 11.3 Å². The highest BCUT2D eigenvalue weighted by Crippen LogP contribution is 2.17. The van der Waals surface area contributed by atoms with Crippen molar-refractivity contribution in [2.45, 2.75) is 25.5 Å². The molecule has 2 rings (SSSR count). The Morgan fingerprint density at radius 1 is 1.37 bits per heavy atom. The van der Waals surface area contributed by atoms with Gasteiger partial charge >= 0.3 is 5.97 Å². The third kappa shape index (κ3) is 3.54. The number of nitrogens with zero attached hydrogens (tertiary/aromatic N) is 4. The zero-order chi connectivity index (χ0) is 13.8. The van der Waals surface area contributed by atoms with Gasteiger partial charge < -0.3 is 9.67 Å². The maximum atomic E-state index is 10.6. The van der Waals surface area contributed by atoms with Crippen LogP contribution in [0.2, 0.25) is 0 Å². The number of hydrogen-bond donors (Lipinski definition) is 1. The van der Waals surface area contributed by atoms with Gasteiger partial charge in [-0.25, -0.2) is 0 Å². The lowest BCUT2D eigenvalue weighted by Gasteiger charge is -2.07. The summed E-state index contributed by atoms with van der Waals surface area (Å²) in [5, 5.41) is 17.3. The number of carboxylic acid groups (broad SMARTS) is 1. The van der Waals surface area contributed by atoms with Crippen LogP contribution in [0.1, 0.15) is 17.2 Å². The van der Waals surface area contributed by atoms with Crippen molar-refractivity contribution in [1.82, 2.24) is 19.7 Å². The SMILES string of the molecule is Cc1cccc(Cn2c(C)nnc2SCC(=O)O)n1. The molecule has 0 saturated heterocycles. The van der Waals surface area contributed by atoms with Crippen LogP contribution in [0.3, 0.4) is 0 Å². The Kier molecular flexibility index (Phi) is 4.16. The molecule has 0 aliphatic heterocycles. The molecule has 0 atom stereocenters. The monoisotopic (exact) mass is 278 g/mol. The van der Waals surface area contributed by atoms with Gasteiger partial charge in [0.2, 0.25) is 0 Å². The molecule has 2 heterocycles. The summed E-state index contributed by atoms with van der Waals surface area (Å²) in [6.45, 7) is 4.32. The van der Waals surface area contributed by atoms with Crippen LogP contribution < -0.4 is 0 Å². The molecule has 0 bridgehead atoms. The standard InChI is InChI=1S/C12H14N4O2S/c1-8-4-3-5-10(13-8)6-16-9(2)14-15-12(16)19-7-11(17)18/h3-5H,6-7H2,1-2H3,(H,17,18). The molecule has 0 aliphatic rings. The first-order valence-corrected chi connectivity index (χ1v) is 6.72. The summed E-state index contributed by atoms with van der Waals surface area (Å²) in [4.78, 5) is 15.0. The van der Waals surface area contributed by atoms with E-state index >= 15 is 0 Å². The molecule has 0 radical (unpaired) electrons. The van der Waals surface area contributed by atoms with E-state index in [4.69, 9.17) is 5.11 Å². The molecule has 0 saturated carbocycles. The molecule has 2 aromatic heterocycles. The molecular weight excluding hydrogens is 264 g/mol. The van der Waals surface area contributed by atoms with Crippen molar-refractivity contribution in [1.29, 1.82) is 0 Å². The van der Waals surface area contributed by atoms with Gasteiger partial charge in [-0.05, 0) is 26.0 Å². The molecule has 6 nitrogen and oxygen atoms in total. The van der Waals surface area contributed by atoms with Gasteiger partial charge in [0.15, 0.2) is 5.16 Å². The normalized spacial score (nSPS) is 10.6. The Balaban J connectivity index is 2.19. The first kappa shape index (κ1) is 13.5. The molecule has 7 heteroatoms. The molecule has 0 amide bonds. The minimum absolute atomic E-state index is 0.0284. The highest BCUT2D eigenvalue weighted by atomic mass is 32.2. The topological polar surface area (TPSA) is 80.9 Å². The van der Waals surface area contributed by atoms with Crippen LogP contribution in [-0.4, -0.2) is 36.6 Å². The fourth-order valence-electron chi connectivity index (χ4n) is 1.63. The molecule has 0 unspecified atom stereocenters. The average molecular weight is 278 g/mol. The summed E-state index contributed by atoms with van der Waals surface area (Å²) in [5.41, 5.74) is 1.85. The number of carbonyl (C=O) groups is 1. The number of rotatable bonds is 5. The minimum Gasteiger partial charge on any atom is -0.481 e. The summed E-state index contributed by atoms with van der Waals surface area (Å²) in [6.07, 6.45) is 0. The van der Waals surface area contributed by atoms with Crippen molar-refractivity contribution in [3.8, 4) is 0 Å². The highest BCUT2D eigenvalue weighted by molar-refractivity contribution is 7.99. The second-order valence-electron chi connectivity index (χ2n) is 4.07. The van der Waals surface area contributed by atoms with Crippen molar-refractivity contribution in [2.24, 2.45) is 0 Å². The zero-order valence-electron chi connectivity index (χ0n) is 10.7. The lowest BCUT2D eigenvalue weighted by atomic mass is 10.3. The number of pyridine rings is 1. The first-order chi connectivity index (χ1) is 9.06. The quantitative estimate of drug-likeness (QED) is 0.835. The number of carboxylic acids is 1. The molecule has 0 spiro atoms. The maximum absolute atomic E-state index is 10.6. The third-order valence-corrected chi connectivity index (χ3v) is 3.44. The van der Waals surface area contributed by atoms with Crippen molar-refractivity contribution < 1.29 is 9.90 Å². The third-order valence-electron chi connectivity index (χ3n) is 2.49. The van der Waals surface area contributed by atoms with Crippen molar-refractivity contribution >= 4 is 17.7 Å². The van der Waals surface area contributed by atoms with E-state index in [-0.39, 0.29) is 5.75 Å². The van der Waals surface area contributed by atoms with Crippen molar-refractivity contribution in [3.05, 3.63) is 35.4 Å². The van der Waals surface area contributed by atoms with Crippen molar-refractivity contribution in [2.75, 3.05) is 5.75 Å². The van der Waals surface area contributed by atoms with Crippen LogP contribution >= 0.6 is 11.8 Å². The Bertz CT molecular complexity index is 597. The summed E-state index contributed by atoms with van der Waals surface area (Å²) >= 11 is 1.16. The summed E-state index contributed by atoms with van der Waals surface area (Å²) in [6, 6.07) is 5.81. The van der Waals surface area contributed by atoms with Gasteiger partial charge in [0.25, 0.3) is 0 Å². The summed E-state index contributed by atoms with van der Waals surface area (Å²) < 4.78 is 1.87. The van der Waals surface area contributed by atoms with Crippen LogP contribution in [0.15, 0.2) is 23.4 Å². The molecule has 0 aliphatic carbocycles. The smallest absolute Gasteiger partial charge is 0.313 e. The number of hydrogen-bond acceptors (Lipinski definition) is 5. The molecule has 100 valence electrons. The van der Waals surface area contributed by atoms with Crippen LogP contribution in [0.5, 0.6) is 0 Å². The second-order valence-corrected chi connectivity index (χ2v) is 5.01. The van der Waals surface area contributed by atoms with E-state index in [9.17, 15) is 4.79 Å². The Morgan fingerprint density at radius 2 is 2.16 bits per heavy atom.